The maximum atomic E-state index is 5.79. The van der Waals surface area contributed by atoms with Crippen LogP contribution in [0.25, 0.3) is 0 Å². The maximum absolute atomic E-state index is 5.79. The summed E-state index contributed by atoms with van der Waals surface area (Å²) in [7, 11) is 0. The number of hydrogen-bond acceptors (Lipinski definition) is 4. The number of aromatic nitrogens is 2. The largest absolute Gasteiger partial charge is 0.493 e. The lowest BCUT2D eigenvalue weighted by Gasteiger charge is -2.33. The van der Waals surface area contributed by atoms with E-state index in [0.29, 0.717) is 5.92 Å². The molecule has 0 fully saturated rings. The fourth-order valence-corrected chi connectivity index (χ4v) is 2.98. The average molecular weight is 283 g/mol. The van der Waals surface area contributed by atoms with E-state index in [2.05, 4.69) is 40.4 Å². The normalized spacial score (nSPS) is 18.6. The summed E-state index contributed by atoms with van der Waals surface area (Å²) in [6.45, 7) is 3.93. The first-order valence-corrected chi connectivity index (χ1v) is 7.60. The first-order valence-electron chi connectivity index (χ1n) is 7.60. The third-order valence-corrected chi connectivity index (χ3v) is 3.96. The summed E-state index contributed by atoms with van der Waals surface area (Å²) in [6, 6.07) is 8.57. The number of nitrogens with zero attached hydrogens (tertiary/aromatic N) is 2. The Bertz CT molecular complexity index is 573. The molecule has 21 heavy (non-hydrogen) atoms. The summed E-state index contributed by atoms with van der Waals surface area (Å²) in [5.74, 6) is 1.40. The van der Waals surface area contributed by atoms with Gasteiger partial charge in [0.25, 0.3) is 0 Å². The van der Waals surface area contributed by atoms with Gasteiger partial charge in [-0.05, 0) is 31.0 Å². The van der Waals surface area contributed by atoms with Gasteiger partial charge >= 0.3 is 0 Å². The highest BCUT2D eigenvalue weighted by Crippen LogP contribution is 2.40. The fraction of sp³-hybridized carbons (Fsp3) is 0.412. The van der Waals surface area contributed by atoms with E-state index in [1.807, 2.05) is 18.5 Å². The van der Waals surface area contributed by atoms with E-state index in [0.717, 1.165) is 37.3 Å². The Morgan fingerprint density at radius 2 is 2.10 bits per heavy atom. The van der Waals surface area contributed by atoms with E-state index in [1.54, 1.807) is 6.33 Å². The highest BCUT2D eigenvalue weighted by atomic mass is 16.5. The molecule has 0 bridgehead atoms. The topological polar surface area (TPSA) is 47.0 Å². The second kappa shape index (κ2) is 6.68. The van der Waals surface area contributed by atoms with E-state index >= 15 is 0 Å². The number of nitrogens with one attached hydrogen (secondary N) is 1. The molecule has 1 aliphatic rings. The number of ether oxygens (including phenoxy) is 1. The SMILES string of the molecule is CCCNC(c1cncnc1)C1CCOc2ccccc21. The van der Waals surface area contributed by atoms with Gasteiger partial charge in [0.2, 0.25) is 0 Å². The van der Waals surface area contributed by atoms with Gasteiger partial charge in [-0.3, -0.25) is 0 Å². The van der Waals surface area contributed by atoms with Gasteiger partial charge in [-0.1, -0.05) is 25.1 Å². The lowest BCUT2D eigenvalue weighted by atomic mass is 9.84. The predicted octanol–water partition coefficient (Wildman–Crippen LogP) is 3.08. The monoisotopic (exact) mass is 283 g/mol. The van der Waals surface area contributed by atoms with Crippen molar-refractivity contribution in [3.05, 3.63) is 54.1 Å². The Morgan fingerprint density at radius 3 is 2.90 bits per heavy atom. The van der Waals surface area contributed by atoms with Gasteiger partial charge in [-0.15, -0.1) is 0 Å². The van der Waals surface area contributed by atoms with Crippen LogP contribution in [0.4, 0.5) is 0 Å². The first kappa shape index (κ1) is 14.0. The molecule has 0 aliphatic carbocycles. The van der Waals surface area contributed by atoms with Crippen LogP contribution in [0.2, 0.25) is 0 Å². The van der Waals surface area contributed by atoms with Gasteiger partial charge in [0.15, 0.2) is 0 Å². The van der Waals surface area contributed by atoms with Gasteiger partial charge in [0.1, 0.15) is 12.1 Å². The average Bonchev–Trinajstić information content (AvgIpc) is 2.56. The Hall–Kier alpha value is -1.94. The van der Waals surface area contributed by atoms with Gasteiger partial charge in [-0.25, -0.2) is 9.97 Å². The lowest BCUT2D eigenvalue weighted by molar-refractivity contribution is 0.245. The van der Waals surface area contributed by atoms with Crippen LogP contribution in [0.5, 0.6) is 5.75 Å². The third-order valence-electron chi connectivity index (χ3n) is 3.96. The van der Waals surface area contributed by atoms with Gasteiger partial charge in [0, 0.05) is 29.9 Å². The second-order valence-electron chi connectivity index (χ2n) is 5.39. The van der Waals surface area contributed by atoms with Crippen molar-refractivity contribution in [2.75, 3.05) is 13.2 Å². The van der Waals surface area contributed by atoms with Crippen molar-refractivity contribution in [3.63, 3.8) is 0 Å². The summed E-state index contributed by atoms with van der Waals surface area (Å²) in [4.78, 5) is 8.36. The minimum absolute atomic E-state index is 0.233. The standard InChI is InChI=1S/C17H21N3O/c1-2-8-20-17(13-10-18-12-19-11-13)15-7-9-21-16-6-4-3-5-14(15)16/h3-6,10-12,15,17,20H,2,7-9H2,1H3. The van der Waals surface area contributed by atoms with Crippen molar-refractivity contribution in [2.24, 2.45) is 0 Å². The molecular weight excluding hydrogens is 262 g/mol. The van der Waals surface area contributed by atoms with Crippen LogP contribution in [-0.4, -0.2) is 23.1 Å². The van der Waals surface area contributed by atoms with Crippen LogP contribution in [0, 0.1) is 0 Å². The van der Waals surface area contributed by atoms with Crippen LogP contribution < -0.4 is 10.1 Å². The van der Waals surface area contributed by atoms with Crippen LogP contribution in [0.3, 0.4) is 0 Å². The van der Waals surface area contributed by atoms with Gasteiger partial charge in [-0.2, -0.15) is 0 Å². The van der Waals surface area contributed by atoms with Gasteiger partial charge < -0.3 is 10.1 Å². The molecule has 0 amide bonds. The zero-order chi connectivity index (χ0) is 14.5. The molecule has 0 radical (unpaired) electrons. The van der Waals surface area contributed by atoms with Gasteiger partial charge in [0.05, 0.1) is 6.61 Å². The van der Waals surface area contributed by atoms with Crippen LogP contribution >= 0.6 is 0 Å². The smallest absolute Gasteiger partial charge is 0.122 e. The van der Waals surface area contributed by atoms with E-state index in [-0.39, 0.29) is 6.04 Å². The van der Waals surface area contributed by atoms with Crippen molar-refractivity contribution >= 4 is 0 Å². The number of fused-ring (bicyclic) bond motifs is 1. The highest BCUT2D eigenvalue weighted by molar-refractivity contribution is 5.39. The number of hydrogen-bond donors (Lipinski definition) is 1. The zero-order valence-corrected chi connectivity index (χ0v) is 12.3. The van der Waals surface area contributed by atoms with E-state index in [9.17, 15) is 0 Å². The minimum atomic E-state index is 0.233. The van der Waals surface area contributed by atoms with E-state index in [1.165, 1.54) is 5.56 Å². The molecule has 1 N–H and O–H groups in total. The van der Waals surface area contributed by atoms with Crippen LogP contribution in [0.1, 0.15) is 42.9 Å². The molecule has 2 unspecified atom stereocenters. The minimum Gasteiger partial charge on any atom is -0.493 e. The molecule has 0 saturated heterocycles. The lowest BCUT2D eigenvalue weighted by Crippen LogP contribution is -2.31. The van der Waals surface area contributed by atoms with Crippen LogP contribution in [0.15, 0.2) is 43.0 Å². The van der Waals surface area contributed by atoms with E-state index < -0.39 is 0 Å². The first-order chi connectivity index (χ1) is 10.4. The zero-order valence-electron chi connectivity index (χ0n) is 12.3. The maximum Gasteiger partial charge on any atom is 0.122 e. The van der Waals surface area contributed by atoms with Crippen molar-refractivity contribution < 1.29 is 4.74 Å². The third kappa shape index (κ3) is 3.05. The van der Waals surface area contributed by atoms with Crippen molar-refractivity contribution in [3.8, 4) is 5.75 Å². The number of benzene rings is 1. The van der Waals surface area contributed by atoms with Crippen molar-refractivity contribution in [1.29, 1.82) is 0 Å². The molecule has 1 aromatic carbocycles. The molecular formula is C17H21N3O. The summed E-state index contributed by atoms with van der Waals surface area (Å²) in [5, 5.41) is 3.66. The summed E-state index contributed by atoms with van der Waals surface area (Å²) in [6.07, 6.45) is 7.53. The summed E-state index contributed by atoms with van der Waals surface area (Å²) >= 11 is 0. The predicted molar refractivity (Wildman–Crippen MR) is 82.4 cm³/mol. The molecule has 2 atom stereocenters. The van der Waals surface area contributed by atoms with E-state index in [4.69, 9.17) is 4.74 Å². The molecule has 3 rings (SSSR count). The molecule has 1 aromatic heterocycles. The molecule has 0 spiro atoms. The fourth-order valence-electron chi connectivity index (χ4n) is 2.98. The second-order valence-corrected chi connectivity index (χ2v) is 5.39. The van der Waals surface area contributed by atoms with Crippen molar-refractivity contribution in [1.82, 2.24) is 15.3 Å². The highest BCUT2D eigenvalue weighted by Gasteiger charge is 2.29. The number of para-hydroxylation sites is 1. The van der Waals surface area contributed by atoms with Crippen molar-refractivity contribution in [2.45, 2.75) is 31.7 Å². The molecule has 110 valence electrons. The molecule has 1 aliphatic heterocycles. The Morgan fingerprint density at radius 1 is 1.29 bits per heavy atom. The Balaban J connectivity index is 1.94. The quantitative estimate of drug-likeness (QED) is 0.916. The summed E-state index contributed by atoms with van der Waals surface area (Å²) in [5.41, 5.74) is 2.42. The molecule has 4 heteroatoms. The summed E-state index contributed by atoms with van der Waals surface area (Å²) < 4.78 is 5.79. The Labute approximate surface area is 125 Å². The molecule has 0 saturated carbocycles. The number of rotatable bonds is 5. The molecule has 2 aromatic rings. The molecule has 4 nitrogen and oxygen atoms in total. The molecule has 2 heterocycles. The Kier molecular flexibility index (Phi) is 4.46. The van der Waals surface area contributed by atoms with Crippen LogP contribution in [-0.2, 0) is 0 Å².